The quantitative estimate of drug-likeness (QED) is 0.566. The first-order chi connectivity index (χ1) is 10.1. The van der Waals surface area contributed by atoms with Gasteiger partial charge in [0.1, 0.15) is 5.75 Å². The predicted molar refractivity (Wildman–Crippen MR) is 92.9 cm³/mol. The highest BCUT2D eigenvalue weighted by Crippen LogP contribution is 2.23. The van der Waals surface area contributed by atoms with E-state index in [1.807, 2.05) is 13.0 Å². The summed E-state index contributed by atoms with van der Waals surface area (Å²) in [4.78, 5) is 12.3. The summed E-state index contributed by atoms with van der Waals surface area (Å²) < 4.78 is 6.49. The average molecular weight is 373 g/mol. The van der Waals surface area contributed by atoms with Crippen LogP contribution < -0.4 is 15.4 Å². The number of ether oxygens (including phenoxy) is 1. The molecule has 1 amide bonds. The van der Waals surface area contributed by atoms with Gasteiger partial charge in [-0.2, -0.15) is 0 Å². The third-order valence-corrected chi connectivity index (χ3v) is 3.44. The molecule has 0 aliphatic rings. The summed E-state index contributed by atoms with van der Waals surface area (Å²) in [6.07, 6.45) is 2.94. The van der Waals surface area contributed by atoms with Gasteiger partial charge in [0.15, 0.2) is 5.11 Å². The van der Waals surface area contributed by atoms with E-state index >= 15 is 0 Å². The first-order valence-corrected chi connectivity index (χ1v) is 8.30. The average Bonchev–Trinajstić information content (AvgIpc) is 2.46. The van der Waals surface area contributed by atoms with Crippen LogP contribution in [0.15, 0.2) is 22.7 Å². The molecule has 116 valence electrons. The molecule has 0 radical (unpaired) electrons. The number of rotatable bonds is 7. The molecule has 0 bridgehead atoms. The van der Waals surface area contributed by atoms with Crippen molar-refractivity contribution in [3.63, 3.8) is 0 Å². The van der Waals surface area contributed by atoms with E-state index in [1.54, 1.807) is 12.1 Å². The van der Waals surface area contributed by atoms with E-state index in [0.29, 0.717) is 23.0 Å². The molecule has 2 N–H and O–H groups in total. The zero-order valence-corrected chi connectivity index (χ0v) is 14.8. The van der Waals surface area contributed by atoms with Crippen LogP contribution in [-0.4, -0.2) is 24.2 Å². The number of nitrogens with one attached hydrogen (secondary N) is 2. The Hall–Kier alpha value is -1.14. The molecule has 0 unspecified atom stereocenters. The van der Waals surface area contributed by atoms with E-state index < -0.39 is 0 Å². The Balaban J connectivity index is 2.76. The number of hydrogen-bond acceptors (Lipinski definition) is 3. The van der Waals surface area contributed by atoms with E-state index in [-0.39, 0.29) is 5.91 Å². The van der Waals surface area contributed by atoms with E-state index in [2.05, 4.69) is 33.5 Å². The van der Waals surface area contributed by atoms with Crippen molar-refractivity contribution < 1.29 is 9.53 Å². The Bertz CT molecular complexity index is 495. The van der Waals surface area contributed by atoms with Gasteiger partial charge in [0.2, 0.25) is 0 Å². The molecule has 1 rings (SSSR count). The number of thiocarbonyl (C=S) groups is 1. The molecule has 4 nitrogen and oxygen atoms in total. The molecule has 0 saturated carbocycles. The maximum absolute atomic E-state index is 12.3. The van der Waals surface area contributed by atoms with Crippen LogP contribution in [0.25, 0.3) is 0 Å². The van der Waals surface area contributed by atoms with Gasteiger partial charge in [0, 0.05) is 11.0 Å². The molecular weight excluding hydrogens is 352 g/mol. The smallest absolute Gasteiger partial charge is 0.261 e. The molecule has 1 aromatic carbocycles. The zero-order chi connectivity index (χ0) is 15.7. The summed E-state index contributed by atoms with van der Waals surface area (Å²) in [5, 5.41) is 5.97. The lowest BCUT2D eigenvalue weighted by atomic mass is 10.2. The summed E-state index contributed by atoms with van der Waals surface area (Å²) in [7, 11) is 0. The van der Waals surface area contributed by atoms with E-state index in [1.165, 1.54) is 0 Å². The van der Waals surface area contributed by atoms with Gasteiger partial charge < -0.3 is 10.1 Å². The lowest BCUT2D eigenvalue weighted by Gasteiger charge is -2.13. The van der Waals surface area contributed by atoms with Crippen LogP contribution in [-0.2, 0) is 0 Å². The lowest BCUT2D eigenvalue weighted by Crippen LogP contribution is -2.39. The van der Waals surface area contributed by atoms with Crippen LogP contribution >= 0.6 is 28.1 Å². The van der Waals surface area contributed by atoms with E-state index in [9.17, 15) is 4.79 Å². The van der Waals surface area contributed by atoms with Crippen LogP contribution in [0.2, 0.25) is 0 Å². The Kier molecular flexibility index (Phi) is 8.30. The van der Waals surface area contributed by atoms with Crippen molar-refractivity contribution in [2.45, 2.75) is 33.1 Å². The standard InChI is InChI=1S/C15H21BrN2O2S/c1-3-5-9-20-13-7-6-11(16)10-12(13)14(19)18-15(21)17-8-4-2/h6-7,10H,3-5,8-9H2,1-2H3,(H2,17,18,19,21). The fraction of sp³-hybridized carbons (Fsp3) is 0.467. The second kappa shape index (κ2) is 9.73. The highest BCUT2D eigenvalue weighted by molar-refractivity contribution is 9.10. The number of carbonyl (C=O) groups is 1. The minimum Gasteiger partial charge on any atom is -0.493 e. The van der Waals surface area contributed by atoms with Gasteiger partial charge in [-0.05, 0) is 43.3 Å². The largest absolute Gasteiger partial charge is 0.493 e. The third-order valence-electron chi connectivity index (χ3n) is 2.70. The summed E-state index contributed by atoms with van der Waals surface area (Å²) in [5.74, 6) is 0.304. The fourth-order valence-electron chi connectivity index (χ4n) is 1.59. The predicted octanol–water partition coefficient (Wildman–Crippen LogP) is 3.64. The van der Waals surface area contributed by atoms with Gasteiger partial charge in [0.25, 0.3) is 5.91 Å². The Morgan fingerprint density at radius 1 is 1.33 bits per heavy atom. The maximum Gasteiger partial charge on any atom is 0.261 e. The highest BCUT2D eigenvalue weighted by Gasteiger charge is 2.14. The fourth-order valence-corrected chi connectivity index (χ4v) is 2.14. The molecule has 0 aromatic heterocycles. The first-order valence-electron chi connectivity index (χ1n) is 7.10. The van der Waals surface area contributed by atoms with Crippen molar-refractivity contribution in [3.8, 4) is 5.75 Å². The Morgan fingerprint density at radius 3 is 2.76 bits per heavy atom. The molecule has 0 fully saturated rings. The SMILES string of the molecule is CCCCOc1ccc(Br)cc1C(=O)NC(=S)NCCC. The van der Waals surface area contributed by atoms with Crippen LogP contribution in [0, 0.1) is 0 Å². The summed E-state index contributed by atoms with van der Waals surface area (Å²) in [6, 6.07) is 5.38. The summed E-state index contributed by atoms with van der Waals surface area (Å²) in [6.45, 7) is 5.45. The molecule has 0 atom stereocenters. The molecule has 1 aromatic rings. The molecule has 0 aliphatic heterocycles. The van der Waals surface area contributed by atoms with Gasteiger partial charge in [-0.15, -0.1) is 0 Å². The first kappa shape index (κ1) is 17.9. The summed E-state index contributed by atoms with van der Waals surface area (Å²) >= 11 is 8.45. The van der Waals surface area contributed by atoms with Gasteiger partial charge in [0.05, 0.1) is 12.2 Å². The number of benzene rings is 1. The normalized spacial score (nSPS) is 10.0. The van der Waals surface area contributed by atoms with E-state index in [0.717, 1.165) is 30.3 Å². The van der Waals surface area contributed by atoms with Crippen LogP contribution in [0.1, 0.15) is 43.5 Å². The van der Waals surface area contributed by atoms with Crippen molar-refractivity contribution >= 4 is 39.2 Å². The van der Waals surface area contributed by atoms with Crippen molar-refractivity contribution in [1.29, 1.82) is 0 Å². The van der Waals surface area contributed by atoms with Gasteiger partial charge in [-0.1, -0.05) is 36.2 Å². The summed E-state index contributed by atoms with van der Waals surface area (Å²) in [5.41, 5.74) is 0.473. The van der Waals surface area contributed by atoms with Gasteiger partial charge >= 0.3 is 0 Å². The Labute approximate surface area is 139 Å². The second-order valence-electron chi connectivity index (χ2n) is 4.55. The number of halogens is 1. The minimum absolute atomic E-state index is 0.267. The molecule has 6 heteroatoms. The molecule has 0 saturated heterocycles. The van der Waals surface area contributed by atoms with E-state index in [4.69, 9.17) is 17.0 Å². The maximum atomic E-state index is 12.3. The van der Waals surface area contributed by atoms with Gasteiger partial charge in [-0.3, -0.25) is 10.1 Å². The lowest BCUT2D eigenvalue weighted by molar-refractivity contribution is 0.0972. The van der Waals surface area contributed by atoms with Crippen LogP contribution in [0.5, 0.6) is 5.75 Å². The number of unbranched alkanes of at least 4 members (excludes halogenated alkanes) is 1. The molecule has 0 spiro atoms. The molecule has 0 aliphatic carbocycles. The minimum atomic E-state index is -0.267. The number of amides is 1. The monoisotopic (exact) mass is 372 g/mol. The van der Waals surface area contributed by atoms with Crippen LogP contribution in [0.4, 0.5) is 0 Å². The number of carbonyl (C=O) groups excluding carboxylic acids is 1. The van der Waals surface area contributed by atoms with Crippen molar-refractivity contribution in [1.82, 2.24) is 10.6 Å². The number of hydrogen-bond donors (Lipinski definition) is 2. The Morgan fingerprint density at radius 2 is 2.10 bits per heavy atom. The molecule has 21 heavy (non-hydrogen) atoms. The zero-order valence-electron chi connectivity index (χ0n) is 12.4. The van der Waals surface area contributed by atoms with Crippen LogP contribution in [0.3, 0.4) is 0 Å². The topological polar surface area (TPSA) is 50.4 Å². The van der Waals surface area contributed by atoms with Crippen molar-refractivity contribution in [3.05, 3.63) is 28.2 Å². The van der Waals surface area contributed by atoms with Crippen molar-refractivity contribution in [2.75, 3.05) is 13.2 Å². The van der Waals surface area contributed by atoms with Crippen molar-refractivity contribution in [2.24, 2.45) is 0 Å². The molecular formula is C15H21BrN2O2S. The second-order valence-corrected chi connectivity index (χ2v) is 5.88. The highest BCUT2D eigenvalue weighted by atomic mass is 79.9. The third kappa shape index (κ3) is 6.44. The molecule has 0 heterocycles. The van der Waals surface area contributed by atoms with Gasteiger partial charge in [-0.25, -0.2) is 0 Å².